The van der Waals surface area contributed by atoms with E-state index >= 15 is 0 Å². The quantitative estimate of drug-likeness (QED) is 0.492. The molecule has 0 radical (unpaired) electrons. The molecule has 2 rings (SSSR count). The molecule has 1 N–H and O–H groups in total. The summed E-state index contributed by atoms with van der Waals surface area (Å²) in [6.45, 7) is 0.205. The minimum absolute atomic E-state index is 0.0462. The zero-order valence-corrected chi connectivity index (χ0v) is 11.0. The molecular formula is C13H15N3O4. The minimum atomic E-state index is -1.48. The highest BCUT2D eigenvalue weighted by atomic mass is 16.6. The van der Waals surface area contributed by atoms with Crippen LogP contribution < -0.4 is 4.90 Å². The fraction of sp³-hybridized carbons (Fsp3) is 0.385. The number of nitro groups is 1. The molecule has 1 aliphatic heterocycles. The number of anilines is 1. The molecule has 1 amide bonds. The fourth-order valence-corrected chi connectivity index (χ4v) is 2.18. The second-order valence-corrected chi connectivity index (χ2v) is 4.45. The van der Waals surface area contributed by atoms with Gasteiger partial charge in [0, 0.05) is 30.7 Å². The number of aliphatic imine (C=N–C) groups is 1. The number of amides is 1. The van der Waals surface area contributed by atoms with E-state index < -0.39 is 16.9 Å². The van der Waals surface area contributed by atoms with Crippen molar-refractivity contribution >= 4 is 17.3 Å². The van der Waals surface area contributed by atoms with E-state index in [0.717, 1.165) is 0 Å². The molecule has 1 unspecified atom stereocenters. The Labute approximate surface area is 115 Å². The number of rotatable bonds is 4. The van der Waals surface area contributed by atoms with Gasteiger partial charge in [-0.15, -0.1) is 0 Å². The molecule has 1 aliphatic rings. The average Bonchev–Trinajstić information content (AvgIpc) is 2.44. The number of carbonyl (C=O) groups excluding carboxylic acids is 1. The summed E-state index contributed by atoms with van der Waals surface area (Å²) in [4.78, 5) is 28.2. The first kappa shape index (κ1) is 14.1. The van der Waals surface area contributed by atoms with Gasteiger partial charge in [0.05, 0.1) is 5.69 Å². The highest BCUT2D eigenvalue weighted by Crippen LogP contribution is 2.28. The topological polar surface area (TPSA) is 96.0 Å². The second-order valence-electron chi connectivity index (χ2n) is 4.45. The lowest BCUT2D eigenvalue weighted by Gasteiger charge is -2.28. The van der Waals surface area contributed by atoms with Crippen molar-refractivity contribution in [2.24, 2.45) is 4.99 Å². The lowest BCUT2D eigenvalue weighted by molar-refractivity contribution is -0.488. The minimum Gasteiger partial charge on any atom is -0.396 e. The van der Waals surface area contributed by atoms with Gasteiger partial charge in [0.25, 0.3) is 0 Å². The van der Waals surface area contributed by atoms with E-state index in [0.29, 0.717) is 17.7 Å². The molecule has 0 aromatic heterocycles. The fourth-order valence-electron chi connectivity index (χ4n) is 2.18. The van der Waals surface area contributed by atoms with Crippen LogP contribution in [0.5, 0.6) is 0 Å². The summed E-state index contributed by atoms with van der Waals surface area (Å²) in [6.07, 6.45) is 0.403. The van der Waals surface area contributed by atoms with Crippen molar-refractivity contribution < 1.29 is 14.8 Å². The Hall–Kier alpha value is -2.28. The first-order chi connectivity index (χ1) is 9.57. The van der Waals surface area contributed by atoms with Gasteiger partial charge in [-0.1, -0.05) is 18.2 Å². The van der Waals surface area contributed by atoms with Crippen LogP contribution in [0.25, 0.3) is 0 Å². The van der Waals surface area contributed by atoms with Gasteiger partial charge in [-0.05, 0) is 12.5 Å². The van der Waals surface area contributed by atoms with E-state index in [9.17, 15) is 14.9 Å². The summed E-state index contributed by atoms with van der Waals surface area (Å²) in [5.41, 5.74) is 1.37. The third-order valence-electron chi connectivity index (χ3n) is 3.17. The first-order valence-electron chi connectivity index (χ1n) is 6.23. The lowest BCUT2D eigenvalue weighted by Crippen LogP contribution is -2.50. The van der Waals surface area contributed by atoms with E-state index in [1.807, 2.05) is 0 Å². The molecule has 20 heavy (non-hydrogen) atoms. The number of hydrogen-bond donors (Lipinski definition) is 1. The lowest BCUT2D eigenvalue weighted by atomic mass is 9.95. The molecule has 0 fully saturated rings. The smallest absolute Gasteiger partial charge is 0.331 e. The molecule has 1 aromatic rings. The number of benzene rings is 1. The number of aliphatic hydroxyl groups excluding tert-OH is 1. The summed E-state index contributed by atoms with van der Waals surface area (Å²) in [7, 11) is 1.52. The highest BCUT2D eigenvalue weighted by Gasteiger charge is 2.44. The molecule has 1 aromatic carbocycles. The Bertz CT molecular complexity index is 570. The molecule has 0 saturated heterocycles. The van der Waals surface area contributed by atoms with Gasteiger partial charge in [-0.3, -0.25) is 19.9 Å². The van der Waals surface area contributed by atoms with Crippen LogP contribution in [0.4, 0.5) is 5.69 Å². The van der Waals surface area contributed by atoms with Gasteiger partial charge < -0.3 is 10.0 Å². The van der Waals surface area contributed by atoms with Crippen LogP contribution in [0.15, 0.2) is 29.3 Å². The normalized spacial score (nSPS) is 20.1. The van der Waals surface area contributed by atoms with Crippen molar-refractivity contribution in [3.8, 4) is 0 Å². The zero-order valence-electron chi connectivity index (χ0n) is 11.0. The SMILES string of the molecule is CN1C(=O)C([N+](=O)[O-])C(=NCCCO)c2ccccc21. The van der Waals surface area contributed by atoms with Gasteiger partial charge >= 0.3 is 11.9 Å². The second kappa shape index (κ2) is 5.79. The number of fused-ring (bicyclic) bond motifs is 1. The van der Waals surface area contributed by atoms with E-state index in [-0.39, 0.29) is 18.9 Å². The van der Waals surface area contributed by atoms with E-state index in [1.54, 1.807) is 24.3 Å². The monoisotopic (exact) mass is 277 g/mol. The van der Waals surface area contributed by atoms with Crippen LogP contribution >= 0.6 is 0 Å². The van der Waals surface area contributed by atoms with Gasteiger partial charge in [0.1, 0.15) is 5.71 Å². The van der Waals surface area contributed by atoms with Gasteiger partial charge in [0.2, 0.25) is 0 Å². The standard InChI is InChI=1S/C13H15N3O4/c1-15-10-6-3-2-5-9(10)11(14-7-4-8-17)12(13(15)18)16(19)20/h2-3,5-6,12,17H,4,7-8H2,1H3. The maximum absolute atomic E-state index is 12.1. The van der Waals surface area contributed by atoms with Crippen molar-refractivity contribution in [2.45, 2.75) is 12.5 Å². The summed E-state index contributed by atoms with van der Waals surface area (Å²) in [6, 6.07) is 5.48. The molecule has 7 nitrogen and oxygen atoms in total. The molecular weight excluding hydrogens is 262 g/mol. The predicted octanol–water partition coefficient (Wildman–Crippen LogP) is 0.480. The molecule has 106 valence electrons. The predicted molar refractivity (Wildman–Crippen MR) is 73.7 cm³/mol. The number of para-hydroxylation sites is 1. The van der Waals surface area contributed by atoms with Gasteiger partial charge in [0.15, 0.2) is 0 Å². The summed E-state index contributed by atoms with van der Waals surface area (Å²) in [5, 5.41) is 20.0. The first-order valence-corrected chi connectivity index (χ1v) is 6.23. The molecule has 0 spiro atoms. The van der Waals surface area contributed by atoms with Crippen LogP contribution in [0, 0.1) is 10.1 Å². The van der Waals surface area contributed by atoms with Crippen LogP contribution in [0.2, 0.25) is 0 Å². The Morgan fingerprint density at radius 3 is 2.80 bits per heavy atom. The van der Waals surface area contributed by atoms with Crippen LogP contribution in [-0.2, 0) is 4.79 Å². The number of nitrogens with zero attached hydrogens (tertiary/aromatic N) is 3. The Morgan fingerprint density at radius 2 is 2.15 bits per heavy atom. The van der Waals surface area contributed by atoms with Crippen molar-refractivity contribution in [2.75, 3.05) is 25.1 Å². The van der Waals surface area contributed by atoms with Gasteiger partial charge in [-0.25, -0.2) is 0 Å². The molecule has 7 heteroatoms. The van der Waals surface area contributed by atoms with E-state index in [2.05, 4.69) is 4.99 Å². The third kappa shape index (κ3) is 2.39. The van der Waals surface area contributed by atoms with E-state index in [1.165, 1.54) is 11.9 Å². The Morgan fingerprint density at radius 1 is 1.45 bits per heavy atom. The number of likely N-dealkylation sites (N-methyl/N-ethyl adjacent to an activating group) is 1. The number of hydrogen-bond acceptors (Lipinski definition) is 5. The number of aliphatic hydroxyl groups is 1. The van der Waals surface area contributed by atoms with Crippen molar-refractivity contribution in [3.05, 3.63) is 39.9 Å². The third-order valence-corrected chi connectivity index (χ3v) is 3.17. The van der Waals surface area contributed by atoms with Gasteiger partial charge in [-0.2, -0.15) is 0 Å². The molecule has 1 atom stereocenters. The molecule has 0 saturated carbocycles. The number of carbonyl (C=O) groups is 1. The van der Waals surface area contributed by atoms with Crippen molar-refractivity contribution in [1.82, 2.24) is 0 Å². The maximum Gasteiger partial charge on any atom is 0.331 e. The average molecular weight is 277 g/mol. The Kier molecular flexibility index (Phi) is 4.09. The van der Waals surface area contributed by atoms with Crippen LogP contribution in [0.3, 0.4) is 0 Å². The van der Waals surface area contributed by atoms with E-state index in [4.69, 9.17) is 5.11 Å². The molecule has 1 heterocycles. The Balaban J connectivity index is 2.52. The largest absolute Gasteiger partial charge is 0.396 e. The van der Waals surface area contributed by atoms with Crippen molar-refractivity contribution in [1.29, 1.82) is 0 Å². The molecule has 0 aliphatic carbocycles. The zero-order chi connectivity index (χ0) is 14.7. The maximum atomic E-state index is 12.1. The van der Waals surface area contributed by atoms with Crippen LogP contribution in [-0.4, -0.2) is 47.9 Å². The van der Waals surface area contributed by atoms with Crippen LogP contribution in [0.1, 0.15) is 12.0 Å². The molecule has 0 bridgehead atoms. The summed E-state index contributed by atoms with van der Waals surface area (Å²) >= 11 is 0. The van der Waals surface area contributed by atoms with Crippen molar-refractivity contribution in [3.63, 3.8) is 0 Å². The summed E-state index contributed by atoms with van der Waals surface area (Å²) < 4.78 is 0. The highest BCUT2D eigenvalue weighted by molar-refractivity contribution is 6.25. The summed E-state index contributed by atoms with van der Waals surface area (Å²) in [5.74, 6) is -0.601.